The van der Waals surface area contributed by atoms with Crippen molar-refractivity contribution in [3.63, 3.8) is 0 Å². The van der Waals surface area contributed by atoms with Gasteiger partial charge in [-0.05, 0) is 72.6 Å². The number of aliphatic hydroxyl groups is 3. The summed E-state index contributed by atoms with van der Waals surface area (Å²) >= 11 is 0. The zero-order valence-corrected chi connectivity index (χ0v) is 19.1. The first-order chi connectivity index (χ1) is 14.8. The lowest BCUT2D eigenvalue weighted by Crippen LogP contribution is -2.41. The highest BCUT2D eigenvalue weighted by Gasteiger charge is 2.22. The smallest absolute Gasteiger partial charge is 0.127 e. The third-order valence-electron chi connectivity index (χ3n) is 6.80. The third kappa shape index (κ3) is 7.04. The number of nitrogens with zero attached hydrogens (tertiary/aromatic N) is 1. The third-order valence-corrected chi connectivity index (χ3v) is 6.80. The topological polar surface area (TPSA) is 138 Å². The summed E-state index contributed by atoms with van der Waals surface area (Å²) in [6.45, 7) is 6.75. The average molecular weight is 433 g/mol. The van der Waals surface area contributed by atoms with E-state index >= 15 is 0 Å². The van der Waals surface area contributed by atoms with E-state index in [2.05, 4.69) is 31.1 Å². The van der Waals surface area contributed by atoms with E-state index < -0.39 is 0 Å². The van der Waals surface area contributed by atoms with E-state index in [0.29, 0.717) is 35.7 Å². The molecule has 0 radical (unpaired) electrons. The van der Waals surface area contributed by atoms with Crippen molar-refractivity contribution in [1.29, 1.82) is 0 Å². The molecule has 4 atom stereocenters. The molecule has 174 valence electrons. The molecule has 2 rings (SSSR count). The van der Waals surface area contributed by atoms with Gasteiger partial charge in [-0.1, -0.05) is 32.9 Å². The Hall–Kier alpha value is -1.93. The number of aromatic nitrogens is 1. The predicted octanol–water partition coefficient (Wildman–Crippen LogP) is 2.00. The summed E-state index contributed by atoms with van der Waals surface area (Å²) in [5.74, 6) is 1.97. The molecule has 1 aromatic heterocycles. The largest absolute Gasteiger partial charge is 0.396 e. The second-order valence-corrected chi connectivity index (χ2v) is 8.87. The van der Waals surface area contributed by atoms with E-state index in [-0.39, 0.29) is 26.0 Å². The Kier molecular flexibility index (Phi) is 9.96. The molecule has 0 fully saturated rings. The van der Waals surface area contributed by atoms with Crippen LogP contribution in [0.25, 0.3) is 0 Å². The number of allylic oxidation sites excluding steroid dienone is 2. The summed E-state index contributed by atoms with van der Waals surface area (Å²) in [4.78, 5) is 4.34. The number of hydrogen-bond donors (Lipinski definition) is 6. The fraction of sp³-hybridized carbons (Fsp3) is 0.625. The van der Waals surface area contributed by atoms with Crippen molar-refractivity contribution in [2.45, 2.75) is 65.6 Å². The van der Waals surface area contributed by atoms with Crippen LogP contribution in [0.15, 0.2) is 29.5 Å². The van der Waals surface area contributed by atoms with Crippen LogP contribution in [-0.4, -0.2) is 39.7 Å². The number of aryl methyl sites for hydroxylation is 1. The summed E-state index contributed by atoms with van der Waals surface area (Å²) < 4.78 is 0. The Balaban J connectivity index is 1.92. The molecule has 1 aliphatic rings. The Morgan fingerprint density at radius 1 is 0.968 bits per heavy atom. The maximum absolute atomic E-state index is 9.67. The van der Waals surface area contributed by atoms with Gasteiger partial charge < -0.3 is 32.1 Å². The minimum Gasteiger partial charge on any atom is -0.396 e. The molecule has 31 heavy (non-hydrogen) atoms. The van der Waals surface area contributed by atoms with Crippen LogP contribution < -0.4 is 16.8 Å². The van der Waals surface area contributed by atoms with Crippen molar-refractivity contribution in [2.24, 2.45) is 23.5 Å². The van der Waals surface area contributed by atoms with Crippen LogP contribution in [0.5, 0.6) is 0 Å². The first-order valence-corrected chi connectivity index (χ1v) is 11.3. The molecule has 0 amide bonds. The van der Waals surface area contributed by atoms with Crippen LogP contribution in [0.2, 0.25) is 0 Å². The second-order valence-electron chi connectivity index (χ2n) is 8.87. The minimum absolute atomic E-state index is 0.0224. The highest BCUT2D eigenvalue weighted by Crippen LogP contribution is 2.30. The minimum atomic E-state index is -0.227. The highest BCUT2D eigenvalue weighted by molar-refractivity contribution is 5.44. The molecule has 7 heteroatoms. The van der Waals surface area contributed by atoms with E-state index in [0.717, 1.165) is 42.5 Å². The van der Waals surface area contributed by atoms with Gasteiger partial charge >= 0.3 is 0 Å². The lowest BCUT2D eigenvalue weighted by Gasteiger charge is -2.29. The van der Waals surface area contributed by atoms with Crippen molar-refractivity contribution in [3.05, 3.63) is 46.3 Å². The van der Waals surface area contributed by atoms with Gasteiger partial charge in [-0.15, -0.1) is 0 Å². The molecule has 1 aliphatic heterocycles. The number of nitrogen functional groups attached to an aromatic ring is 1. The predicted molar refractivity (Wildman–Crippen MR) is 125 cm³/mol. The van der Waals surface area contributed by atoms with Gasteiger partial charge in [0.1, 0.15) is 5.82 Å². The van der Waals surface area contributed by atoms with Crippen molar-refractivity contribution >= 4 is 5.82 Å². The monoisotopic (exact) mass is 432 g/mol. The lowest BCUT2D eigenvalue weighted by atomic mass is 9.79. The maximum Gasteiger partial charge on any atom is 0.127 e. The molecule has 0 saturated heterocycles. The molecule has 1 aromatic rings. The van der Waals surface area contributed by atoms with Gasteiger partial charge in [0.05, 0.1) is 25.1 Å². The number of dihydropyridines is 1. The molecular formula is C24H40N4O3. The quantitative estimate of drug-likeness (QED) is 0.297. The summed E-state index contributed by atoms with van der Waals surface area (Å²) in [6.07, 6.45) is 7.99. The number of pyridine rings is 1. The number of nitrogens with two attached hydrogens (primary N) is 2. The molecule has 4 unspecified atom stereocenters. The van der Waals surface area contributed by atoms with Gasteiger partial charge in [0.15, 0.2) is 0 Å². The summed E-state index contributed by atoms with van der Waals surface area (Å²) in [6, 6.07) is 1.99. The van der Waals surface area contributed by atoms with Crippen LogP contribution in [0.4, 0.5) is 5.82 Å². The molecule has 7 nitrogen and oxygen atoms in total. The maximum atomic E-state index is 9.67. The molecule has 2 heterocycles. The number of aliphatic hydroxyl groups excluding tert-OH is 3. The van der Waals surface area contributed by atoms with Crippen molar-refractivity contribution < 1.29 is 15.3 Å². The van der Waals surface area contributed by atoms with Crippen LogP contribution in [0.1, 0.15) is 56.9 Å². The zero-order chi connectivity index (χ0) is 23.0. The Morgan fingerprint density at radius 3 is 2.23 bits per heavy atom. The highest BCUT2D eigenvalue weighted by atomic mass is 16.3. The summed E-state index contributed by atoms with van der Waals surface area (Å²) in [5.41, 5.74) is 16.5. The summed E-state index contributed by atoms with van der Waals surface area (Å²) in [5, 5.41) is 31.3. The number of hydrogen-bond acceptors (Lipinski definition) is 7. The van der Waals surface area contributed by atoms with E-state index in [1.165, 1.54) is 5.57 Å². The molecule has 0 spiro atoms. The molecule has 0 aliphatic carbocycles. The molecule has 0 aromatic carbocycles. The van der Waals surface area contributed by atoms with E-state index in [1.807, 2.05) is 18.2 Å². The van der Waals surface area contributed by atoms with Crippen LogP contribution in [-0.2, 0) is 19.4 Å². The standard InChI is InChI=1S/C24H40N4O3/c1-15(4-6-18-8-9-21(13-30)27-23(18)25)17(3)16(2)5-7-19-12-20(10-11-29)24(26)28-22(19)14-31/h8-9,12,15-17,23,27,29-31H,4-7,10-11,13-14,25H2,1-3H3,(H2,26,28). The number of anilines is 1. The SMILES string of the molecule is CC(CCC1=CC=C(CO)NC1N)C(C)C(C)CCc1cc(CCO)c(N)nc1CO. The van der Waals surface area contributed by atoms with E-state index in [1.54, 1.807) is 0 Å². The fourth-order valence-electron chi connectivity index (χ4n) is 4.18. The number of rotatable bonds is 12. The van der Waals surface area contributed by atoms with Gasteiger partial charge in [-0.3, -0.25) is 0 Å². The Labute approximate surface area is 186 Å². The molecule has 0 saturated carbocycles. The Bertz CT molecular complexity index is 778. The van der Waals surface area contributed by atoms with Gasteiger partial charge in [0, 0.05) is 12.3 Å². The zero-order valence-electron chi connectivity index (χ0n) is 19.1. The van der Waals surface area contributed by atoms with Crippen LogP contribution >= 0.6 is 0 Å². The fourth-order valence-corrected chi connectivity index (χ4v) is 4.18. The molecule has 0 bridgehead atoms. The first kappa shape index (κ1) is 25.3. The van der Waals surface area contributed by atoms with Crippen molar-refractivity contribution in [2.75, 3.05) is 18.9 Å². The van der Waals surface area contributed by atoms with E-state index in [4.69, 9.17) is 11.5 Å². The van der Waals surface area contributed by atoms with Gasteiger partial charge in [-0.2, -0.15) is 0 Å². The van der Waals surface area contributed by atoms with Crippen molar-refractivity contribution in [3.8, 4) is 0 Å². The van der Waals surface area contributed by atoms with Crippen LogP contribution in [0, 0.1) is 17.8 Å². The Morgan fingerprint density at radius 2 is 1.65 bits per heavy atom. The molecule has 8 N–H and O–H groups in total. The average Bonchev–Trinajstić information content (AvgIpc) is 2.77. The number of nitrogens with one attached hydrogen (secondary N) is 1. The summed E-state index contributed by atoms with van der Waals surface area (Å²) in [7, 11) is 0. The van der Waals surface area contributed by atoms with Gasteiger partial charge in [-0.25, -0.2) is 4.98 Å². The van der Waals surface area contributed by atoms with Gasteiger partial charge in [0.2, 0.25) is 0 Å². The van der Waals surface area contributed by atoms with Crippen molar-refractivity contribution in [1.82, 2.24) is 10.3 Å². The van der Waals surface area contributed by atoms with Crippen LogP contribution in [0.3, 0.4) is 0 Å². The van der Waals surface area contributed by atoms with Gasteiger partial charge in [0.25, 0.3) is 0 Å². The van der Waals surface area contributed by atoms with E-state index in [9.17, 15) is 15.3 Å². The first-order valence-electron chi connectivity index (χ1n) is 11.3. The second kappa shape index (κ2) is 12.2. The molecular weight excluding hydrogens is 392 g/mol. The lowest BCUT2D eigenvalue weighted by molar-refractivity contribution is 0.251. The normalized spacial score (nSPS) is 19.3.